The zero-order valence-electron chi connectivity index (χ0n) is 10.3. The van der Waals surface area contributed by atoms with Crippen molar-refractivity contribution in [3.63, 3.8) is 0 Å². The van der Waals surface area contributed by atoms with E-state index in [1.54, 1.807) is 0 Å². The predicted molar refractivity (Wildman–Crippen MR) is 68.1 cm³/mol. The monoisotopic (exact) mass is 248 g/mol. The van der Waals surface area contributed by atoms with Crippen LogP contribution < -0.4 is 4.74 Å². The lowest BCUT2D eigenvalue weighted by Gasteiger charge is -2.06. The third kappa shape index (κ3) is 2.30. The summed E-state index contributed by atoms with van der Waals surface area (Å²) in [4.78, 5) is 0. The number of unbranched alkanes of at least 4 members (excludes halogenated alkanes) is 1. The van der Waals surface area contributed by atoms with Crippen LogP contribution in [-0.4, -0.2) is 28.4 Å². The highest BCUT2D eigenvalue weighted by Gasteiger charge is 2.26. The Hall–Kier alpha value is -2.04. The molecule has 96 valence electrons. The highest BCUT2D eigenvalue weighted by Crippen LogP contribution is 2.25. The van der Waals surface area contributed by atoms with Crippen LogP contribution in [0.15, 0.2) is 28.5 Å². The van der Waals surface area contributed by atoms with Crippen molar-refractivity contribution in [2.24, 2.45) is 10.3 Å². The second-order valence-electron chi connectivity index (χ2n) is 4.19. The van der Waals surface area contributed by atoms with Crippen LogP contribution in [0.2, 0.25) is 0 Å². The maximum Gasteiger partial charge on any atom is 0.135 e. The fraction of sp³-hybridized carbons (Fsp3) is 0.385. The summed E-state index contributed by atoms with van der Waals surface area (Å²) >= 11 is 0. The Bertz CT molecular complexity index is 495. The van der Waals surface area contributed by atoms with E-state index in [2.05, 4.69) is 17.2 Å². The minimum absolute atomic E-state index is 0.326. The van der Waals surface area contributed by atoms with Crippen LogP contribution in [0.5, 0.6) is 5.75 Å². The number of benzene rings is 1. The van der Waals surface area contributed by atoms with Gasteiger partial charge in [0.15, 0.2) is 0 Å². The van der Waals surface area contributed by atoms with Crippen LogP contribution in [0.3, 0.4) is 0 Å². The molecule has 1 aromatic rings. The van der Waals surface area contributed by atoms with Crippen molar-refractivity contribution in [1.29, 1.82) is 0 Å². The summed E-state index contributed by atoms with van der Waals surface area (Å²) in [7, 11) is 0. The van der Waals surface area contributed by atoms with E-state index in [1.807, 2.05) is 18.2 Å². The summed E-state index contributed by atoms with van der Waals surface area (Å²) in [5.74, 6) is 0.790. The van der Waals surface area contributed by atoms with E-state index < -0.39 is 0 Å². The lowest BCUT2D eigenvalue weighted by atomic mass is 10.1. The van der Waals surface area contributed by atoms with Crippen molar-refractivity contribution < 1.29 is 15.2 Å². The van der Waals surface area contributed by atoms with Gasteiger partial charge in [-0.15, -0.1) is 0 Å². The fourth-order valence-electron chi connectivity index (χ4n) is 1.99. The van der Waals surface area contributed by atoms with Gasteiger partial charge in [-0.25, -0.2) is 0 Å². The molecule has 0 amide bonds. The Morgan fingerprint density at radius 3 is 2.78 bits per heavy atom. The van der Waals surface area contributed by atoms with Crippen LogP contribution >= 0.6 is 0 Å². The number of hydrogen-bond donors (Lipinski definition) is 2. The second kappa shape index (κ2) is 5.53. The summed E-state index contributed by atoms with van der Waals surface area (Å²) in [6, 6.07) is 5.55. The first-order chi connectivity index (χ1) is 8.80. The smallest absolute Gasteiger partial charge is 0.135 e. The molecule has 0 saturated carbocycles. The minimum Gasteiger partial charge on any atom is -0.494 e. The highest BCUT2D eigenvalue weighted by molar-refractivity contribution is 6.51. The van der Waals surface area contributed by atoms with Gasteiger partial charge in [0, 0.05) is 12.0 Å². The normalized spacial score (nSPS) is 18.3. The van der Waals surface area contributed by atoms with Gasteiger partial charge in [-0.05, 0) is 30.2 Å². The van der Waals surface area contributed by atoms with Gasteiger partial charge in [0.2, 0.25) is 0 Å². The first-order valence-corrected chi connectivity index (χ1v) is 5.99. The number of fused-ring (bicyclic) bond motifs is 1. The first kappa shape index (κ1) is 12.4. The molecule has 0 unspecified atom stereocenters. The van der Waals surface area contributed by atoms with Crippen molar-refractivity contribution in [2.45, 2.75) is 26.2 Å². The Kier molecular flexibility index (Phi) is 3.82. The maximum absolute atomic E-state index is 8.92. The topological polar surface area (TPSA) is 74.4 Å². The Morgan fingerprint density at radius 2 is 2.11 bits per heavy atom. The molecule has 2 N–H and O–H groups in total. The Labute approximate surface area is 105 Å². The van der Waals surface area contributed by atoms with Crippen molar-refractivity contribution in [2.75, 3.05) is 6.61 Å². The molecule has 0 aliphatic heterocycles. The van der Waals surface area contributed by atoms with Crippen molar-refractivity contribution in [3.05, 3.63) is 29.3 Å². The summed E-state index contributed by atoms with van der Waals surface area (Å²) in [5, 5.41) is 24.1. The van der Waals surface area contributed by atoms with Crippen LogP contribution in [0.25, 0.3) is 0 Å². The van der Waals surface area contributed by atoms with E-state index in [-0.39, 0.29) is 0 Å². The lowest BCUT2D eigenvalue weighted by molar-refractivity contribution is 0.309. The van der Waals surface area contributed by atoms with Crippen LogP contribution in [0.4, 0.5) is 0 Å². The minimum atomic E-state index is 0.326. The molecule has 0 saturated heterocycles. The van der Waals surface area contributed by atoms with Gasteiger partial charge < -0.3 is 15.2 Å². The van der Waals surface area contributed by atoms with Gasteiger partial charge in [-0.3, -0.25) is 0 Å². The van der Waals surface area contributed by atoms with E-state index >= 15 is 0 Å². The summed E-state index contributed by atoms with van der Waals surface area (Å²) in [6.07, 6.45) is 2.56. The van der Waals surface area contributed by atoms with Gasteiger partial charge in [-0.2, -0.15) is 0 Å². The molecule has 0 aromatic heterocycles. The molecule has 0 fully saturated rings. The molecule has 0 heterocycles. The second-order valence-corrected chi connectivity index (χ2v) is 4.19. The molecule has 5 heteroatoms. The van der Waals surface area contributed by atoms with Crippen molar-refractivity contribution in [3.8, 4) is 5.75 Å². The lowest BCUT2D eigenvalue weighted by Crippen LogP contribution is -2.08. The molecular weight excluding hydrogens is 232 g/mol. The van der Waals surface area contributed by atoms with E-state index in [0.717, 1.165) is 29.7 Å². The molecule has 1 aliphatic carbocycles. The van der Waals surface area contributed by atoms with Gasteiger partial charge in [0.1, 0.15) is 17.2 Å². The Morgan fingerprint density at radius 1 is 1.28 bits per heavy atom. The Balaban J connectivity index is 2.20. The molecule has 1 aliphatic rings. The number of ether oxygens (including phenoxy) is 1. The summed E-state index contributed by atoms with van der Waals surface area (Å²) < 4.78 is 5.60. The number of rotatable bonds is 4. The number of hydrogen-bond acceptors (Lipinski definition) is 5. The fourth-order valence-corrected chi connectivity index (χ4v) is 1.99. The highest BCUT2D eigenvalue weighted by atomic mass is 16.5. The summed E-state index contributed by atoms with van der Waals surface area (Å²) in [5.41, 5.74) is 2.43. The molecule has 0 atom stereocenters. The SMILES string of the molecule is CCCCOc1ccc2c(c1)CC(=NO)C2=NO. The predicted octanol–water partition coefficient (Wildman–Crippen LogP) is 2.43. The molecule has 18 heavy (non-hydrogen) atoms. The van der Waals surface area contributed by atoms with Gasteiger partial charge in [-0.1, -0.05) is 23.7 Å². The van der Waals surface area contributed by atoms with E-state index in [0.29, 0.717) is 24.5 Å². The third-order valence-electron chi connectivity index (χ3n) is 2.95. The van der Waals surface area contributed by atoms with Gasteiger partial charge >= 0.3 is 0 Å². The molecule has 0 radical (unpaired) electrons. The molecular formula is C13H16N2O3. The standard InChI is InChI=1S/C13H16N2O3/c1-2-3-6-18-10-4-5-11-9(7-10)8-12(14-16)13(11)15-17/h4-5,7,16-17H,2-3,6,8H2,1H3. The van der Waals surface area contributed by atoms with Crippen LogP contribution in [0, 0.1) is 0 Å². The van der Waals surface area contributed by atoms with Crippen molar-refractivity contribution in [1.82, 2.24) is 0 Å². The number of nitrogens with zero attached hydrogens (tertiary/aromatic N) is 2. The average molecular weight is 248 g/mol. The van der Waals surface area contributed by atoms with Gasteiger partial charge in [0.05, 0.1) is 6.61 Å². The van der Waals surface area contributed by atoms with Gasteiger partial charge in [0.25, 0.3) is 0 Å². The zero-order valence-corrected chi connectivity index (χ0v) is 10.3. The third-order valence-corrected chi connectivity index (χ3v) is 2.95. The quantitative estimate of drug-likeness (QED) is 0.488. The van der Waals surface area contributed by atoms with E-state index in [1.165, 1.54) is 0 Å². The van der Waals surface area contributed by atoms with E-state index in [4.69, 9.17) is 15.2 Å². The first-order valence-electron chi connectivity index (χ1n) is 5.99. The van der Waals surface area contributed by atoms with Crippen molar-refractivity contribution >= 4 is 11.4 Å². The molecule has 0 spiro atoms. The molecule has 2 rings (SSSR count). The average Bonchev–Trinajstić information content (AvgIpc) is 2.75. The molecule has 0 bridgehead atoms. The van der Waals surface area contributed by atoms with E-state index in [9.17, 15) is 0 Å². The van der Waals surface area contributed by atoms with Crippen LogP contribution in [-0.2, 0) is 6.42 Å². The molecule has 5 nitrogen and oxygen atoms in total. The zero-order chi connectivity index (χ0) is 13.0. The van der Waals surface area contributed by atoms with Crippen LogP contribution in [0.1, 0.15) is 30.9 Å². The largest absolute Gasteiger partial charge is 0.494 e. The molecule has 1 aromatic carbocycles. The maximum atomic E-state index is 8.92. The summed E-state index contributed by atoms with van der Waals surface area (Å²) in [6.45, 7) is 2.80. The number of oxime groups is 2.